The normalized spacial score (nSPS) is 11.1. The van der Waals surface area contributed by atoms with Crippen LogP contribution >= 0.6 is 0 Å². The van der Waals surface area contributed by atoms with Crippen LogP contribution in [0, 0.1) is 6.92 Å². The molecule has 0 atom stereocenters. The number of hydrogen-bond donors (Lipinski definition) is 0. The molecule has 3 aromatic rings. The first-order valence-corrected chi connectivity index (χ1v) is 6.44. The molecule has 3 nitrogen and oxygen atoms in total. The Labute approximate surface area is 117 Å². The number of benzene rings is 2. The van der Waals surface area contributed by atoms with Gasteiger partial charge in [-0.05, 0) is 55.0 Å². The molecule has 0 bridgehead atoms. The summed E-state index contributed by atoms with van der Waals surface area (Å²) in [5.74, 6) is 0.869. The van der Waals surface area contributed by atoms with Crippen LogP contribution in [0.3, 0.4) is 0 Å². The van der Waals surface area contributed by atoms with Crippen molar-refractivity contribution in [3.63, 3.8) is 0 Å². The largest absolute Gasteiger partial charge is 0.464 e. The predicted octanol–water partition coefficient (Wildman–Crippen LogP) is 5.67. The van der Waals surface area contributed by atoms with Crippen molar-refractivity contribution in [2.75, 3.05) is 0 Å². The van der Waals surface area contributed by atoms with Crippen molar-refractivity contribution in [3.05, 3.63) is 72.5 Å². The zero-order valence-corrected chi connectivity index (χ0v) is 11.2. The Bertz CT molecular complexity index is 716. The van der Waals surface area contributed by atoms with E-state index in [4.69, 9.17) is 4.42 Å². The van der Waals surface area contributed by atoms with Gasteiger partial charge < -0.3 is 4.42 Å². The maximum atomic E-state index is 5.42. The van der Waals surface area contributed by atoms with E-state index in [0.717, 1.165) is 28.3 Å². The van der Waals surface area contributed by atoms with Gasteiger partial charge in [0.15, 0.2) is 0 Å². The summed E-state index contributed by atoms with van der Waals surface area (Å²) in [5, 5.41) is 8.47. The monoisotopic (exact) mass is 262 g/mol. The fourth-order valence-electron chi connectivity index (χ4n) is 2.03. The van der Waals surface area contributed by atoms with E-state index in [1.54, 1.807) is 6.26 Å². The fraction of sp³-hybridized carbons (Fsp3) is 0.0588. The van der Waals surface area contributed by atoms with E-state index in [0.29, 0.717) is 0 Å². The van der Waals surface area contributed by atoms with E-state index in [9.17, 15) is 0 Å². The van der Waals surface area contributed by atoms with Crippen LogP contribution < -0.4 is 0 Å². The lowest BCUT2D eigenvalue weighted by Crippen LogP contribution is -1.80. The molecule has 0 saturated heterocycles. The van der Waals surface area contributed by atoms with E-state index < -0.39 is 0 Å². The third kappa shape index (κ3) is 2.67. The molecule has 0 amide bonds. The second kappa shape index (κ2) is 5.53. The molecule has 0 aliphatic carbocycles. The first-order valence-electron chi connectivity index (χ1n) is 6.44. The van der Waals surface area contributed by atoms with Crippen LogP contribution in [0.1, 0.15) is 5.56 Å². The molecule has 0 saturated carbocycles. The average molecular weight is 262 g/mol. The van der Waals surface area contributed by atoms with Gasteiger partial charge in [0.05, 0.1) is 17.6 Å². The maximum Gasteiger partial charge on any atom is 0.134 e. The summed E-state index contributed by atoms with van der Waals surface area (Å²) in [6, 6.07) is 19.5. The van der Waals surface area contributed by atoms with Gasteiger partial charge in [-0.25, -0.2) is 0 Å². The Hall–Kier alpha value is -2.68. The second-order valence-electron chi connectivity index (χ2n) is 4.51. The molecule has 20 heavy (non-hydrogen) atoms. The number of nitrogens with zero attached hydrogens (tertiary/aromatic N) is 2. The van der Waals surface area contributed by atoms with Crippen LogP contribution in [0.5, 0.6) is 0 Å². The summed E-state index contributed by atoms with van der Waals surface area (Å²) in [4.78, 5) is 0. The molecule has 0 unspecified atom stereocenters. The van der Waals surface area contributed by atoms with Crippen LogP contribution in [0.15, 0.2) is 81.6 Å². The lowest BCUT2D eigenvalue weighted by atomic mass is 10.1. The topological polar surface area (TPSA) is 37.9 Å². The van der Waals surface area contributed by atoms with Gasteiger partial charge >= 0.3 is 0 Å². The van der Waals surface area contributed by atoms with E-state index in [2.05, 4.69) is 10.2 Å². The van der Waals surface area contributed by atoms with Crippen molar-refractivity contribution < 1.29 is 4.42 Å². The number of aryl methyl sites for hydroxylation is 1. The molecular formula is C17H14N2O. The number of hydrogen-bond acceptors (Lipinski definition) is 3. The highest BCUT2D eigenvalue weighted by molar-refractivity contribution is 5.64. The van der Waals surface area contributed by atoms with E-state index in [1.165, 1.54) is 0 Å². The van der Waals surface area contributed by atoms with Gasteiger partial charge in [0, 0.05) is 5.56 Å². The molecule has 0 radical (unpaired) electrons. The van der Waals surface area contributed by atoms with Crippen LogP contribution in [0.4, 0.5) is 11.4 Å². The maximum absolute atomic E-state index is 5.42. The summed E-state index contributed by atoms with van der Waals surface area (Å²) in [6.07, 6.45) is 1.68. The fourth-order valence-corrected chi connectivity index (χ4v) is 2.03. The third-order valence-electron chi connectivity index (χ3n) is 3.03. The van der Waals surface area contributed by atoms with E-state index in [1.807, 2.05) is 67.6 Å². The van der Waals surface area contributed by atoms with Crippen LogP contribution in [0.25, 0.3) is 11.3 Å². The highest BCUT2D eigenvalue weighted by Crippen LogP contribution is 2.28. The van der Waals surface area contributed by atoms with Crippen LogP contribution in [0.2, 0.25) is 0 Å². The summed E-state index contributed by atoms with van der Waals surface area (Å²) in [6.45, 7) is 2.04. The zero-order chi connectivity index (χ0) is 13.8. The molecule has 0 aliphatic heterocycles. The molecule has 1 heterocycles. The Kier molecular flexibility index (Phi) is 3.42. The van der Waals surface area contributed by atoms with Crippen molar-refractivity contribution in [1.82, 2.24) is 0 Å². The lowest BCUT2D eigenvalue weighted by molar-refractivity contribution is 0.582. The standard InChI is InChI=1S/C17H14N2O/c1-13-12-15(19-18-14-6-3-2-4-7-14)9-10-16(13)17-8-5-11-20-17/h2-12H,1H3. The smallest absolute Gasteiger partial charge is 0.134 e. The predicted molar refractivity (Wildman–Crippen MR) is 79.5 cm³/mol. The minimum absolute atomic E-state index is 0.835. The Morgan fingerprint density at radius 1 is 0.800 bits per heavy atom. The molecule has 1 aromatic heterocycles. The van der Waals surface area contributed by atoms with Gasteiger partial charge in [0.25, 0.3) is 0 Å². The molecule has 0 N–H and O–H groups in total. The molecular weight excluding hydrogens is 248 g/mol. The van der Waals surface area contributed by atoms with E-state index >= 15 is 0 Å². The van der Waals surface area contributed by atoms with Gasteiger partial charge in [-0.1, -0.05) is 18.2 Å². The molecule has 98 valence electrons. The second-order valence-corrected chi connectivity index (χ2v) is 4.51. The summed E-state index contributed by atoms with van der Waals surface area (Å²) < 4.78 is 5.42. The minimum atomic E-state index is 0.835. The van der Waals surface area contributed by atoms with Crippen LogP contribution in [-0.2, 0) is 0 Å². The summed E-state index contributed by atoms with van der Waals surface area (Å²) >= 11 is 0. The first-order chi connectivity index (χ1) is 9.83. The van der Waals surface area contributed by atoms with Crippen molar-refractivity contribution in [1.29, 1.82) is 0 Å². The Morgan fingerprint density at radius 3 is 2.30 bits per heavy atom. The van der Waals surface area contributed by atoms with Gasteiger partial charge in [0.1, 0.15) is 5.76 Å². The van der Waals surface area contributed by atoms with Crippen molar-refractivity contribution in [3.8, 4) is 11.3 Å². The van der Waals surface area contributed by atoms with Crippen molar-refractivity contribution in [2.24, 2.45) is 10.2 Å². The SMILES string of the molecule is Cc1cc(N=Nc2ccccc2)ccc1-c1ccco1. The first kappa shape index (κ1) is 12.4. The van der Waals surface area contributed by atoms with Gasteiger partial charge in [-0.2, -0.15) is 10.2 Å². The van der Waals surface area contributed by atoms with Gasteiger partial charge in [0.2, 0.25) is 0 Å². The van der Waals surface area contributed by atoms with Gasteiger partial charge in [-0.15, -0.1) is 0 Å². The van der Waals surface area contributed by atoms with Gasteiger partial charge in [-0.3, -0.25) is 0 Å². The van der Waals surface area contributed by atoms with Crippen molar-refractivity contribution >= 4 is 11.4 Å². The highest BCUT2D eigenvalue weighted by Gasteiger charge is 2.04. The molecule has 3 rings (SSSR count). The number of rotatable bonds is 3. The highest BCUT2D eigenvalue weighted by atomic mass is 16.3. The summed E-state index contributed by atoms with van der Waals surface area (Å²) in [5.41, 5.74) is 3.88. The summed E-state index contributed by atoms with van der Waals surface area (Å²) in [7, 11) is 0. The molecule has 0 aliphatic rings. The Balaban J connectivity index is 1.86. The molecule has 2 aromatic carbocycles. The van der Waals surface area contributed by atoms with Crippen molar-refractivity contribution in [2.45, 2.75) is 6.92 Å². The van der Waals surface area contributed by atoms with Crippen LogP contribution in [-0.4, -0.2) is 0 Å². The average Bonchev–Trinajstić information content (AvgIpc) is 3.00. The van der Waals surface area contributed by atoms with E-state index in [-0.39, 0.29) is 0 Å². The minimum Gasteiger partial charge on any atom is -0.464 e. The molecule has 0 spiro atoms. The molecule has 3 heteroatoms. The quantitative estimate of drug-likeness (QED) is 0.560. The Morgan fingerprint density at radius 2 is 1.60 bits per heavy atom. The zero-order valence-electron chi connectivity index (χ0n) is 11.2. The third-order valence-corrected chi connectivity index (χ3v) is 3.03. The number of azo groups is 1. The number of furan rings is 1. The molecule has 0 fully saturated rings. The lowest BCUT2D eigenvalue weighted by Gasteiger charge is -2.03.